The molecule has 31 heavy (non-hydrogen) atoms. The molecule has 10 heteroatoms. The van der Waals surface area contributed by atoms with Crippen LogP contribution in [0, 0.1) is 12.7 Å². The first-order valence-electron chi connectivity index (χ1n) is 9.49. The summed E-state index contributed by atoms with van der Waals surface area (Å²) in [5.74, 6) is -1.48. The number of aryl methyl sites for hydroxylation is 1. The van der Waals surface area contributed by atoms with E-state index in [-0.39, 0.29) is 19.6 Å². The predicted molar refractivity (Wildman–Crippen MR) is 117 cm³/mol. The maximum atomic E-state index is 13.3. The molecule has 2 aromatic carbocycles. The van der Waals surface area contributed by atoms with Crippen molar-refractivity contribution in [2.24, 2.45) is 0 Å². The van der Waals surface area contributed by atoms with Crippen molar-refractivity contribution >= 4 is 39.1 Å². The fourth-order valence-corrected chi connectivity index (χ4v) is 4.57. The summed E-state index contributed by atoms with van der Waals surface area (Å²) in [6.45, 7) is 2.77. The van der Waals surface area contributed by atoms with Crippen molar-refractivity contribution in [2.75, 3.05) is 24.2 Å². The Hall–Kier alpha value is -2.49. The van der Waals surface area contributed by atoms with E-state index in [0.29, 0.717) is 21.8 Å². The van der Waals surface area contributed by atoms with E-state index < -0.39 is 33.2 Å². The molecule has 0 saturated carbocycles. The number of piperazine rings is 1. The molecule has 2 amide bonds. The largest absolute Gasteiger partial charge is 0.350 e. The summed E-state index contributed by atoms with van der Waals surface area (Å²) in [5.41, 5.74) is 0.271. The zero-order chi connectivity index (χ0) is 23.0. The summed E-state index contributed by atoms with van der Waals surface area (Å²) in [5, 5.41) is 3.13. The van der Waals surface area contributed by atoms with Gasteiger partial charge >= 0.3 is 0 Å². The van der Waals surface area contributed by atoms with Crippen LogP contribution in [-0.2, 0) is 26.2 Å². The second-order valence-electron chi connectivity index (χ2n) is 7.77. The van der Waals surface area contributed by atoms with Crippen LogP contribution >= 0.6 is 11.6 Å². The molecule has 1 aliphatic rings. The maximum Gasteiger partial charge on any atom is 0.247 e. The molecular formula is C21H23ClFN3O4S. The SMILES string of the molecule is Cc1ccc(Cl)cc1N1C(=O)CN(S(C)(=O)=O)C[C@@]1(C)C(=O)NCc1ccc(F)cc1. The van der Waals surface area contributed by atoms with Crippen LogP contribution in [0.15, 0.2) is 42.5 Å². The zero-order valence-corrected chi connectivity index (χ0v) is 18.9. The van der Waals surface area contributed by atoms with Crippen molar-refractivity contribution in [2.45, 2.75) is 25.9 Å². The number of rotatable bonds is 5. The first-order valence-corrected chi connectivity index (χ1v) is 11.7. The summed E-state index contributed by atoms with van der Waals surface area (Å²) in [6, 6.07) is 10.6. The number of anilines is 1. The van der Waals surface area contributed by atoms with Gasteiger partial charge in [-0.05, 0) is 49.2 Å². The molecule has 0 bridgehead atoms. The van der Waals surface area contributed by atoms with Gasteiger partial charge in [-0.1, -0.05) is 29.8 Å². The Bertz CT molecular complexity index is 1120. The maximum absolute atomic E-state index is 13.3. The molecule has 1 aliphatic heterocycles. The lowest BCUT2D eigenvalue weighted by Crippen LogP contribution is -2.70. The Morgan fingerprint density at radius 3 is 2.48 bits per heavy atom. The molecule has 1 N–H and O–H groups in total. The van der Waals surface area contributed by atoms with E-state index in [2.05, 4.69) is 5.32 Å². The quantitative estimate of drug-likeness (QED) is 0.731. The monoisotopic (exact) mass is 467 g/mol. The summed E-state index contributed by atoms with van der Waals surface area (Å²) in [7, 11) is -3.72. The van der Waals surface area contributed by atoms with Crippen LogP contribution < -0.4 is 10.2 Å². The molecule has 1 atom stereocenters. The number of nitrogens with zero attached hydrogens (tertiary/aromatic N) is 2. The van der Waals surface area contributed by atoms with Crippen LogP contribution in [0.1, 0.15) is 18.1 Å². The Labute approximate surface area is 185 Å². The van der Waals surface area contributed by atoms with Gasteiger partial charge in [0.15, 0.2) is 0 Å². The summed E-state index contributed by atoms with van der Waals surface area (Å²) in [4.78, 5) is 27.7. The molecule has 0 radical (unpaired) electrons. The molecular weight excluding hydrogens is 445 g/mol. The van der Waals surface area contributed by atoms with Crippen LogP contribution in [0.4, 0.5) is 10.1 Å². The van der Waals surface area contributed by atoms with E-state index in [9.17, 15) is 22.4 Å². The predicted octanol–water partition coefficient (Wildman–Crippen LogP) is 2.47. The normalized spacial score (nSPS) is 20.0. The Morgan fingerprint density at radius 2 is 1.87 bits per heavy atom. The van der Waals surface area contributed by atoms with Gasteiger partial charge in [0.2, 0.25) is 21.8 Å². The number of hydrogen-bond acceptors (Lipinski definition) is 4. The van der Waals surface area contributed by atoms with Gasteiger partial charge in [-0.3, -0.25) is 14.5 Å². The minimum absolute atomic E-state index is 0.0874. The van der Waals surface area contributed by atoms with Crippen LogP contribution in [0.2, 0.25) is 5.02 Å². The number of benzene rings is 2. The molecule has 1 fully saturated rings. The van der Waals surface area contributed by atoms with Gasteiger partial charge < -0.3 is 5.32 Å². The van der Waals surface area contributed by atoms with Crippen LogP contribution in [0.3, 0.4) is 0 Å². The fraction of sp³-hybridized carbons (Fsp3) is 0.333. The number of sulfonamides is 1. The Balaban J connectivity index is 1.99. The van der Waals surface area contributed by atoms with Gasteiger partial charge in [-0.2, -0.15) is 4.31 Å². The highest BCUT2D eigenvalue weighted by molar-refractivity contribution is 7.88. The number of amides is 2. The molecule has 1 saturated heterocycles. The molecule has 0 aliphatic carbocycles. The van der Waals surface area contributed by atoms with E-state index >= 15 is 0 Å². The third kappa shape index (κ3) is 4.89. The van der Waals surface area contributed by atoms with Gasteiger partial charge in [-0.15, -0.1) is 0 Å². The van der Waals surface area contributed by atoms with E-state index in [1.807, 2.05) is 0 Å². The number of hydrogen-bond donors (Lipinski definition) is 1. The molecule has 7 nitrogen and oxygen atoms in total. The molecule has 166 valence electrons. The smallest absolute Gasteiger partial charge is 0.247 e. The second-order valence-corrected chi connectivity index (χ2v) is 10.2. The molecule has 1 heterocycles. The third-order valence-corrected chi connectivity index (χ3v) is 6.71. The highest BCUT2D eigenvalue weighted by Gasteiger charge is 2.50. The summed E-state index contributed by atoms with van der Waals surface area (Å²) in [6.07, 6.45) is 0.997. The fourth-order valence-electron chi connectivity index (χ4n) is 3.57. The van der Waals surface area contributed by atoms with Crippen molar-refractivity contribution in [3.63, 3.8) is 0 Å². The summed E-state index contributed by atoms with van der Waals surface area (Å²) < 4.78 is 38.5. The van der Waals surface area contributed by atoms with Gasteiger partial charge in [-0.25, -0.2) is 12.8 Å². The summed E-state index contributed by atoms with van der Waals surface area (Å²) >= 11 is 6.14. The van der Waals surface area contributed by atoms with Crippen LogP contribution in [0.5, 0.6) is 0 Å². The molecule has 3 rings (SSSR count). The van der Waals surface area contributed by atoms with Gasteiger partial charge in [0.25, 0.3) is 0 Å². The van der Waals surface area contributed by atoms with Crippen molar-refractivity contribution in [3.05, 3.63) is 64.4 Å². The number of carbonyl (C=O) groups is 2. The molecule has 0 aromatic heterocycles. The number of nitrogens with one attached hydrogen (secondary N) is 1. The van der Waals surface area contributed by atoms with Gasteiger partial charge in [0, 0.05) is 23.8 Å². The third-order valence-electron chi connectivity index (χ3n) is 5.28. The highest BCUT2D eigenvalue weighted by Crippen LogP contribution is 2.34. The molecule has 0 unspecified atom stereocenters. The lowest BCUT2D eigenvalue weighted by molar-refractivity contribution is -0.133. The zero-order valence-electron chi connectivity index (χ0n) is 17.4. The average molecular weight is 468 g/mol. The minimum atomic E-state index is -3.72. The van der Waals surface area contributed by atoms with Crippen molar-refractivity contribution in [1.82, 2.24) is 9.62 Å². The van der Waals surface area contributed by atoms with Gasteiger partial charge in [0.1, 0.15) is 11.4 Å². The van der Waals surface area contributed by atoms with E-state index in [1.165, 1.54) is 36.1 Å². The highest BCUT2D eigenvalue weighted by atomic mass is 35.5. The Kier molecular flexibility index (Phi) is 6.40. The molecule has 2 aromatic rings. The minimum Gasteiger partial charge on any atom is -0.350 e. The lowest BCUT2D eigenvalue weighted by atomic mass is 9.93. The standard InChI is InChI=1S/C21H23ClFN3O4S/c1-14-4-7-16(22)10-18(14)26-19(27)12-25(31(3,29)30)13-21(26,2)20(28)24-11-15-5-8-17(23)9-6-15/h4-10H,11-13H2,1-3H3,(H,24,28)/t21-/m0/s1. The number of carbonyl (C=O) groups excluding carboxylic acids is 2. The first-order chi connectivity index (χ1) is 14.4. The van der Waals surface area contributed by atoms with Crippen molar-refractivity contribution in [1.29, 1.82) is 0 Å². The number of halogens is 2. The van der Waals surface area contributed by atoms with E-state index in [0.717, 1.165) is 10.6 Å². The molecule has 0 spiro atoms. The van der Waals surface area contributed by atoms with Crippen molar-refractivity contribution < 1.29 is 22.4 Å². The van der Waals surface area contributed by atoms with Crippen LogP contribution in [-0.4, -0.2) is 49.4 Å². The van der Waals surface area contributed by atoms with Crippen LogP contribution in [0.25, 0.3) is 0 Å². The first kappa shape index (κ1) is 23.2. The topological polar surface area (TPSA) is 86.8 Å². The van der Waals surface area contributed by atoms with Gasteiger partial charge in [0.05, 0.1) is 12.8 Å². The van der Waals surface area contributed by atoms with E-state index in [4.69, 9.17) is 11.6 Å². The van der Waals surface area contributed by atoms with Crippen molar-refractivity contribution in [3.8, 4) is 0 Å². The average Bonchev–Trinajstić information content (AvgIpc) is 2.68. The Morgan fingerprint density at radius 1 is 1.23 bits per heavy atom. The second kappa shape index (κ2) is 8.57. The van der Waals surface area contributed by atoms with E-state index in [1.54, 1.807) is 25.1 Å². The lowest BCUT2D eigenvalue weighted by Gasteiger charge is -2.47.